The van der Waals surface area contributed by atoms with E-state index in [1.807, 2.05) is 34.1 Å². The van der Waals surface area contributed by atoms with E-state index in [1.165, 1.54) is 5.69 Å². The zero-order valence-electron chi connectivity index (χ0n) is 13.0. The second kappa shape index (κ2) is 6.75. The fourth-order valence-electron chi connectivity index (χ4n) is 3.01. The van der Waals surface area contributed by atoms with Crippen molar-refractivity contribution in [3.05, 3.63) is 29.3 Å². The molecular formula is C16H23ClN4O. The van der Waals surface area contributed by atoms with Crippen molar-refractivity contribution in [1.82, 2.24) is 14.7 Å². The van der Waals surface area contributed by atoms with Gasteiger partial charge in [-0.25, -0.2) is 4.79 Å². The van der Waals surface area contributed by atoms with Crippen LogP contribution in [0.4, 0.5) is 10.5 Å². The van der Waals surface area contributed by atoms with E-state index in [4.69, 9.17) is 11.6 Å². The van der Waals surface area contributed by atoms with E-state index in [-0.39, 0.29) is 6.03 Å². The largest absolute Gasteiger partial charge is 0.368 e. The van der Waals surface area contributed by atoms with Crippen LogP contribution in [0.5, 0.6) is 0 Å². The molecule has 2 fully saturated rings. The third kappa shape index (κ3) is 3.47. The summed E-state index contributed by atoms with van der Waals surface area (Å²) in [6.07, 6.45) is 0. The molecule has 3 rings (SSSR count). The van der Waals surface area contributed by atoms with Gasteiger partial charge in [0.1, 0.15) is 0 Å². The predicted molar refractivity (Wildman–Crippen MR) is 89.7 cm³/mol. The van der Waals surface area contributed by atoms with Crippen LogP contribution in [0, 0.1) is 0 Å². The predicted octanol–water partition coefficient (Wildman–Crippen LogP) is 1.83. The van der Waals surface area contributed by atoms with Gasteiger partial charge in [0.2, 0.25) is 0 Å². The fourth-order valence-corrected chi connectivity index (χ4v) is 3.13. The van der Waals surface area contributed by atoms with Crippen molar-refractivity contribution < 1.29 is 4.79 Å². The van der Waals surface area contributed by atoms with Crippen molar-refractivity contribution in [1.29, 1.82) is 0 Å². The number of anilines is 1. The number of hydrogen-bond donors (Lipinski definition) is 0. The standard InChI is InChI=1S/C16H23ClN4O/c1-18-6-8-20(9-7-18)16(22)21-12-10-19(11-13-21)15-4-2-14(17)3-5-15/h2-5H,6-13H2,1H3. The Morgan fingerprint density at radius 3 is 1.91 bits per heavy atom. The number of likely N-dealkylation sites (N-methyl/N-ethyl adjacent to an activating group) is 1. The smallest absolute Gasteiger partial charge is 0.320 e. The van der Waals surface area contributed by atoms with E-state index in [0.717, 1.165) is 57.4 Å². The zero-order valence-corrected chi connectivity index (χ0v) is 13.8. The molecule has 1 aromatic carbocycles. The Morgan fingerprint density at radius 1 is 0.864 bits per heavy atom. The molecule has 0 spiro atoms. The highest BCUT2D eigenvalue weighted by molar-refractivity contribution is 6.30. The summed E-state index contributed by atoms with van der Waals surface area (Å²) in [7, 11) is 2.10. The first-order chi connectivity index (χ1) is 10.6. The maximum atomic E-state index is 12.5. The molecule has 0 bridgehead atoms. The first-order valence-corrected chi connectivity index (χ1v) is 8.24. The van der Waals surface area contributed by atoms with E-state index in [2.05, 4.69) is 16.8 Å². The number of hydrogen-bond acceptors (Lipinski definition) is 3. The summed E-state index contributed by atoms with van der Waals surface area (Å²) in [5.74, 6) is 0. The molecule has 0 aromatic heterocycles. The molecule has 2 heterocycles. The van der Waals surface area contributed by atoms with Gasteiger partial charge in [0, 0.05) is 63.1 Å². The van der Waals surface area contributed by atoms with Gasteiger partial charge in [0.25, 0.3) is 0 Å². The van der Waals surface area contributed by atoms with Crippen LogP contribution in [0.15, 0.2) is 24.3 Å². The van der Waals surface area contributed by atoms with Crippen LogP contribution >= 0.6 is 11.6 Å². The van der Waals surface area contributed by atoms with E-state index >= 15 is 0 Å². The van der Waals surface area contributed by atoms with Crippen molar-refractivity contribution in [2.24, 2.45) is 0 Å². The molecular weight excluding hydrogens is 300 g/mol. The lowest BCUT2D eigenvalue weighted by Crippen LogP contribution is -2.56. The molecule has 0 unspecified atom stereocenters. The second-order valence-electron chi connectivity index (χ2n) is 6.02. The average Bonchev–Trinajstić information content (AvgIpc) is 2.56. The van der Waals surface area contributed by atoms with Gasteiger partial charge in [-0.3, -0.25) is 0 Å². The summed E-state index contributed by atoms with van der Waals surface area (Å²) in [5, 5.41) is 0.757. The van der Waals surface area contributed by atoms with Crippen molar-refractivity contribution in [2.75, 3.05) is 64.3 Å². The number of halogens is 1. The molecule has 6 heteroatoms. The number of benzene rings is 1. The zero-order chi connectivity index (χ0) is 15.5. The highest BCUT2D eigenvalue weighted by Gasteiger charge is 2.27. The minimum absolute atomic E-state index is 0.198. The van der Waals surface area contributed by atoms with Crippen LogP contribution in [0.25, 0.3) is 0 Å². The van der Waals surface area contributed by atoms with Crippen molar-refractivity contribution in [3.63, 3.8) is 0 Å². The fraction of sp³-hybridized carbons (Fsp3) is 0.562. The summed E-state index contributed by atoms with van der Waals surface area (Å²) in [6.45, 7) is 6.94. The molecule has 2 saturated heterocycles. The number of piperazine rings is 2. The highest BCUT2D eigenvalue weighted by Crippen LogP contribution is 2.20. The quantitative estimate of drug-likeness (QED) is 0.790. The molecule has 5 nitrogen and oxygen atoms in total. The van der Waals surface area contributed by atoms with Crippen LogP contribution in [0.2, 0.25) is 5.02 Å². The van der Waals surface area contributed by atoms with Gasteiger partial charge in [-0.05, 0) is 31.3 Å². The van der Waals surface area contributed by atoms with Crippen LogP contribution < -0.4 is 4.90 Å². The highest BCUT2D eigenvalue weighted by atomic mass is 35.5. The topological polar surface area (TPSA) is 30.0 Å². The molecule has 2 aliphatic rings. The average molecular weight is 323 g/mol. The molecule has 0 aliphatic carbocycles. The third-order valence-electron chi connectivity index (χ3n) is 4.52. The van der Waals surface area contributed by atoms with Gasteiger partial charge in [0.05, 0.1) is 0 Å². The Bertz CT molecular complexity index is 505. The lowest BCUT2D eigenvalue weighted by atomic mass is 10.2. The van der Waals surface area contributed by atoms with E-state index in [9.17, 15) is 4.79 Å². The van der Waals surface area contributed by atoms with Crippen LogP contribution in [0.3, 0.4) is 0 Å². The van der Waals surface area contributed by atoms with E-state index in [0.29, 0.717) is 0 Å². The molecule has 0 radical (unpaired) electrons. The van der Waals surface area contributed by atoms with Crippen molar-refractivity contribution >= 4 is 23.3 Å². The Morgan fingerprint density at radius 2 is 1.36 bits per heavy atom. The summed E-state index contributed by atoms with van der Waals surface area (Å²) in [5.41, 5.74) is 1.18. The second-order valence-corrected chi connectivity index (χ2v) is 6.46. The molecule has 120 valence electrons. The lowest BCUT2D eigenvalue weighted by Gasteiger charge is -2.40. The maximum Gasteiger partial charge on any atom is 0.320 e. The van der Waals surface area contributed by atoms with E-state index < -0.39 is 0 Å². The summed E-state index contributed by atoms with van der Waals surface area (Å²) in [6, 6.07) is 8.11. The molecule has 2 amide bonds. The van der Waals surface area contributed by atoms with E-state index in [1.54, 1.807) is 0 Å². The maximum absolute atomic E-state index is 12.5. The van der Waals surface area contributed by atoms with Crippen LogP contribution in [0.1, 0.15) is 0 Å². The molecule has 2 aliphatic heterocycles. The number of amides is 2. The molecule has 0 atom stereocenters. The number of carbonyl (C=O) groups is 1. The number of rotatable bonds is 1. The van der Waals surface area contributed by atoms with Crippen molar-refractivity contribution in [3.8, 4) is 0 Å². The molecule has 0 N–H and O–H groups in total. The number of nitrogens with zero attached hydrogens (tertiary/aromatic N) is 4. The number of carbonyl (C=O) groups excluding carboxylic acids is 1. The Hall–Kier alpha value is -1.46. The van der Waals surface area contributed by atoms with Crippen LogP contribution in [-0.2, 0) is 0 Å². The van der Waals surface area contributed by atoms with Gasteiger partial charge in [0.15, 0.2) is 0 Å². The number of urea groups is 1. The Labute approximate surface area is 137 Å². The first kappa shape index (κ1) is 15.4. The minimum atomic E-state index is 0.198. The summed E-state index contributed by atoms with van der Waals surface area (Å²) >= 11 is 5.93. The first-order valence-electron chi connectivity index (χ1n) is 7.86. The third-order valence-corrected chi connectivity index (χ3v) is 4.77. The minimum Gasteiger partial charge on any atom is -0.368 e. The lowest BCUT2D eigenvalue weighted by molar-refractivity contribution is 0.120. The van der Waals surface area contributed by atoms with Gasteiger partial charge in [-0.1, -0.05) is 11.6 Å². The Balaban J connectivity index is 1.53. The normalized spacial score (nSPS) is 20.4. The Kier molecular flexibility index (Phi) is 4.74. The van der Waals surface area contributed by atoms with Gasteiger partial charge in [-0.2, -0.15) is 0 Å². The summed E-state index contributed by atoms with van der Waals surface area (Å²) < 4.78 is 0. The molecule has 1 aromatic rings. The van der Waals surface area contributed by atoms with Gasteiger partial charge < -0.3 is 19.6 Å². The van der Waals surface area contributed by atoms with Crippen molar-refractivity contribution in [2.45, 2.75) is 0 Å². The monoisotopic (exact) mass is 322 g/mol. The SMILES string of the molecule is CN1CCN(C(=O)N2CCN(c3ccc(Cl)cc3)CC2)CC1. The van der Waals surface area contributed by atoms with Crippen LogP contribution in [-0.4, -0.2) is 80.1 Å². The van der Waals surface area contributed by atoms with Gasteiger partial charge in [-0.15, -0.1) is 0 Å². The molecule has 22 heavy (non-hydrogen) atoms. The van der Waals surface area contributed by atoms with Gasteiger partial charge >= 0.3 is 6.03 Å². The summed E-state index contributed by atoms with van der Waals surface area (Å²) in [4.78, 5) is 21.1. The molecule has 0 saturated carbocycles.